The summed E-state index contributed by atoms with van der Waals surface area (Å²) in [6, 6.07) is 37.1. The SMILES string of the molecule is CCCC[Si](C)(C)O[Si](C)(CCCCCCCCCCC(c1ccc(O)c(C)c1)c1ccc(O)c(C)c1)O[Si](O[Si](C)(C)CCCC)(c1ccccc1)c1ccccc1. The fraction of sp³-hybridized carbons (Fsp3) is 0.520. The quantitative estimate of drug-likeness (QED) is 0.0461. The molecule has 1 atom stereocenters. The van der Waals surface area contributed by atoms with Gasteiger partial charge in [-0.1, -0.05) is 176 Å². The highest BCUT2D eigenvalue weighted by Crippen LogP contribution is 2.35. The number of rotatable bonds is 27. The molecule has 0 saturated heterocycles. The number of phenols is 2. The van der Waals surface area contributed by atoms with Crippen molar-refractivity contribution in [3.63, 3.8) is 0 Å². The number of phenolic OH excluding ortho intramolecular Hbond substituents is 2. The zero-order valence-electron chi connectivity index (χ0n) is 38.2. The molecule has 324 valence electrons. The second kappa shape index (κ2) is 23.4. The number of hydrogen-bond donors (Lipinski definition) is 2. The lowest BCUT2D eigenvalue weighted by molar-refractivity contribution is 0.329. The van der Waals surface area contributed by atoms with Gasteiger partial charge in [0.05, 0.1) is 0 Å². The molecule has 0 heterocycles. The summed E-state index contributed by atoms with van der Waals surface area (Å²) in [5.74, 6) is 0.920. The molecular formula is C50H78O5Si4. The van der Waals surface area contributed by atoms with Gasteiger partial charge in [-0.2, -0.15) is 0 Å². The minimum absolute atomic E-state index is 0.243. The summed E-state index contributed by atoms with van der Waals surface area (Å²) in [4.78, 5) is 0. The Morgan fingerprint density at radius 2 is 0.898 bits per heavy atom. The lowest BCUT2D eigenvalue weighted by Crippen LogP contribution is -2.71. The van der Waals surface area contributed by atoms with Crippen LogP contribution in [0.15, 0.2) is 97.1 Å². The van der Waals surface area contributed by atoms with Crippen LogP contribution in [0.3, 0.4) is 0 Å². The van der Waals surface area contributed by atoms with Gasteiger partial charge < -0.3 is 22.6 Å². The highest BCUT2D eigenvalue weighted by atomic mass is 28.5. The molecule has 0 radical (unpaired) electrons. The number of unbranched alkanes of at least 4 members (excludes halogenated alkanes) is 9. The van der Waals surface area contributed by atoms with Crippen LogP contribution in [-0.2, 0) is 12.3 Å². The first-order chi connectivity index (χ1) is 28.1. The van der Waals surface area contributed by atoms with Crippen molar-refractivity contribution in [2.75, 3.05) is 0 Å². The number of aromatic hydroxyl groups is 2. The maximum Gasteiger partial charge on any atom is 0.388 e. The maximum atomic E-state index is 10.2. The molecule has 4 rings (SSSR count). The van der Waals surface area contributed by atoms with Crippen molar-refractivity contribution in [1.29, 1.82) is 0 Å². The van der Waals surface area contributed by atoms with Gasteiger partial charge in [0.2, 0.25) is 0 Å². The van der Waals surface area contributed by atoms with E-state index in [2.05, 4.69) is 132 Å². The predicted molar refractivity (Wildman–Crippen MR) is 261 cm³/mol. The molecule has 2 N–H and O–H groups in total. The minimum Gasteiger partial charge on any atom is -0.508 e. The lowest BCUT2D eigenvalue weighted by Gasteiger charge is -2.45. The molecule has 0 aromatic heterocycles. The fourth-order valence-corrected chi connectivity index (χ4v) is 28.3. The van der Waals surface area contributed by atoms with E-state index >= 15 is 0 Å². The van der Waals surface area contributed by atoms with Crippen LogP contribution in [-0.4, -0.2) is 44.0 Å². The van der Waals surface area contributed by atoms with Crippen LogP contribution in [0.5, 0.6) is 11.5 Å². The molecule has 0 fully saturated rings. The number of aryl methyl sites for hydroxylation is 2. The van der Waals surface area contributed by atoms with Crippen LogP contribution in [0.25, 0.3) is 0 Å². The van der Waals surface area contributed by atoms with Gasteiger partial charge >= 0.3 is 17.1 Å². The van der Waals surface area contributed by atoms with Gasteiger partial charge in [-0.3, -0.25) is 0 Å². The summed E-state index contributed by atoms with van der Waals surface area (Å²) in [6.45, 7) is 20.5. The average molecular weight is 872 g/mol. The van der Waals surface area contributed by atoms with E-state index in [4.69, 9.17) is 12.3 Å². The zero-order chi connectivity index (χ0) is 42.9. The smallest absolute Gasteiger partial charge is 0.388 e. The Balaban J connectivity index is 1.42. The van der Waals surface area contributed by atoms with Crippen molar-refractivity contribution in [2.45, 2.75) is 168 Å². The molecular weight excluding hydrogens is 793 g/mol. The van der Waals surface area contributed by atoms with Crippen molar-refractivity contribution in [2.24, 2.45) is 0 Å². The Morgan fingerprint density at radius 3 is 1.34 bits per heavy atom. The molecule has 0 spiro atoms. The Bertz CT molecular complexity index is 1730. The molecule has 1 unspecified atom stereocenters. The Morgan fingerprint density at radius 1 is 0.475 bits per heavy atom. The summed E-state index contributed by atoms with van der Waals surface area (Å²) in [6.07, 6.45) is 15.4. The van der Waals surface area contributed by atoms with Crippen LogP contribution < -0.4 is 10.4 Å². The van der Waals surface area contributed by atoms with Crippen molar-refractivity contribution in [3.05, 3.63) is 119 Å². The summed E-state index contributed by atoms with van der Waals surface area (Å²) in [7, 11) is -10.0. The van der Waals surface area contributed by atoms with Crippen LogP contribution in [0.2, 0.25) is 50.9 Å². The molecule has 0 amide bonds. The van der Waals surface area contributed by atoms with Gasteiger partial charge in [-0.25, -0.2) is 0 Å². The first-order valence-electron chi connectivity index (χ1n) is 22.9. The summed E-state index contributed by atoms with van der Waals surface area (Å²) >= 11 is 0. The Labute approximate surface area is 363 Å². The van der Waals surface area contributed by atoms with Crippen molar-refractivity contribution < 1.29 is 22.6 Å². The fourth-order valence-electron chi connectivity index (χ4n) is 8.62. The lowest BCUT2D eigenvalue weighted by atomic mass is 9.85. The molecule has 9 heteroatoms. The third kappa shape index (κ3) is 15.3. The van der Waals surface area contributed by atoms with Crippen LogP contribution >= 0.6 is 0 Å². The zero-order valence-corrected chi connectivity index (χ0v) is 42.2. The van der Waals surface area contributed by atoms with Crippen molar-refractivity contribution in [3.8, 4) is 11.5 Å². The van der Waals surface area contributed by atoms with Gasteiger partial charge in [-0.15, -0.1) is 0 Å². The van der Waals surface area contributed by atoms with Crippen LogP contribution in [0, 0.1) is 13.8 Å². The average Bonchev–Trinajstić information content (AvgIpc) is 3.21. The second-order valence-corrected chi connectivity index (χ2v) is 34.2. The molecule has 59 heavy (non-hydrogen) atoms. The molecule has 0 aliphatic heterocycles. The van der Waals surface area contributed by atoms with Gasteiger partial charge in [-0.05, 0) is 116 Å². The number of benzene rings is 4. The maximum absolute atomic E-state index is 10.2. The minimum atomic E-state index is -3.16. The third-order valence-corrected chi connectivity index (χ3v) is 28.7. The number of hydrogen-bond acceptors (Lipinski definition) is 5. The summed E-state index contributed by atoms with van der Waals surface area (Å²) < 4.78 is 23.1. The van der Waals surface area contributed by atoms with E-state index in [-0.39, 0.29) is 5.92 Å². The van der Waals surface area contributed by atoms with E-state index in [0.29, 0.717) is 11.5 Å². The van der Waals surface area contributed by atoms with E-state index in [9.17, 15) is 10.2 Å². The van der Waals surface area contributed by atoms with Gasteiger partial charge in [0.1, 0.15) is 11.5 Å². The molecule has 4 aromatic carbocycles. The topological polar surface area (TPSA) is 68.2 Å². The standard InChI is InChI=1S/C50H78O5Si4/c1-10-12-37-56(5,6)53-58(9,55-59(46-28-22-20-23-29-46,47-30-24-21-25-31-47)54-57(7,8)38-13-11-2)39-27-19-17-15-14-16-18-26-32-48(44-33-35-49(51)42(3)40-44)45-34-36-50(52)43(4)41-45/h20-25,28-31,33-36,40-41,48,51-52H,10-19,26-27,32,37-39H2,1-9H3. The molecule has 0 bridgehead atoms. The van der Waals surface area contributed by atoms with E-state index in [1.807, 2.05) is 26.0 Å². The van der Waals surface area contributed by atoms with E-state index in [0.717, 1.165) is 48.5 Å². The molecule has 4 aromatic rings. The third-order valence-electron chi connectivity index (χ3n) is 12.0. The van der Waals surface area contributed by atoms with Crippen LogP contribution in [0.1, 0.15) is 125 Å². The first kappa shape index (κ1) is 48.9. The first-order valence-corrected chi connectivity index (χ1v) is 33.5. The molecule has 0 aliphatic carbocycles. The Kier molecular flexibility index (Phi) is 19.4. The summed E-state index contributed by atoms with van der Waals surface area (Å²) in [5.41, 5.74) is 4.27. The van der Waals surface area contributed by atoms with E-state index in [1.54, 1.807) is 0 Å². The largest absolute Gasteiger partial charge is 0.508 e. The van der Waals surface area contributed by atoms with E-state index in [1.165, 1.54) is 85.7 Å². The predicted octanol–water partition coefficient (Wildman–Crippen LogP) is 13.7. The molecule has 0 aliphatic rings. The van der Waals surface area contributed by atoms with Gasteiger partial charge in [0, 0.05) is 5.92 Å². The van der Waals surface area contributed by atoms with Crippen molar-refractivity contribution >= 4 is 44.1 Å². The van der Waals surface area contributed by atoms with E-state index < -0.39 is 33.8 Å². The normalized spacial score (nSPS) is 13.5. The molecule has 5 nitrogen and oxygen atoms in total. The van der Waals surface area contributed by atoms with Gasteiger partial charge in [0.15, 0.2) is 16.6 Å². The summed E-state index contributed by atoms with van der Waals surface area (Å²) in [5, 5.41) is 22.8. The highest BCUT2D eigenvalue weighted by molar-refractivity contribution is 7.02. The Hall–Kier alpha value is -2.77. The monoisotopic (exact) mass is 870 g/mol. The highest BCUT2D eigenvalue weighted by Gasteiger charge is 2.53. The van der Waals surface area contributed by atoms with Crippen molar-refractivity contribution in [1.82, 2.24) is 0 Å². The molecule has 0 saturated carbocycles. The second-order valence-electron chi connectivity index (χ2n) is 18.5. The van der Waals surface area contributed by atoms with Crippen LogP contribution in [0.4, 0.5) is 0 Å². The van der Waals surface area contributed by atoms with Gasteiger partial charge in [0.25, 0.3) is 0 Å².